The monoisotopic (exact) mass is 342 g/mol. The molecule has 0 saturated carbocycles. The van der Waals surface area contributed by atoms with Crippen molar-refractivity contribution < 1.29 is 0 Å². The van der Waals surface area contributed by atoms with E-state index in [1.54, 1.807) is 11.1 Å². The molecule has 1 aliphatic rings. The molecule has 0 amide bonds. The number of rotatable bonds is 1. The second kappa shape index (κ2) is 3.33. The Kier molecular flexibility index (Phi) is 2.51. The van der Waals surface area contributed by atoms with Crippen LogP contribution in [-0.2, 0) is 8.94 Å². The Morgan fingerprint density at radius 2 is 1.75 bits per heavy atom. The summed E-state index contributed by atoms with van der Waals surface area (Å²) in [7, 11) is 0. The molecule has 1 aromatic rings. The van der Waals surface area contributed by atoms with Crippen LogP contribution >= 0.6 is 12.8 Å². The van der Waals surface area contributed by atoms with Gasteiger partial charge in [0.2, 0.25) is 0 Å². The fraction of sp³-hybridized carbons (Fsp3) is 0.400. The first kappa shape index (κ1) is 9.06. The van der Waals surface area contributed by atoms with Gasteiger partial charge < -0.3 is 0 Å². The second-order valence-electron chi connectivity index (χ2n) is 3.29. The standard InChI is InChI=1S/C10H13BrTe/c1-2-12(11)7-9-5-3-4-6-10(9)8-12/h3-6H,2,7-8H2,1H3. The van der Waals surface area contributed by atoms with Crippen LogP contribution in [0, 0.1) is 0 Å². The maximum atomic E-state index is 4.02. The van der Waals surface area contributed by atoms with Gasteiger partial charge in [0.15, 0.2) is 0 Å². The van der Waals surface area contributed by atoms with Crippen molar-refractivity contribution in [3.05, 3.63) is 35.4 Å². The van der Waals surface area contributed by atoms with E-state index >= 15 is 0 Å². The predicted molar refractivity (Wildman–Crippen MR) is 59.0 cm³/mol. The van der Waals surface area contributed by atoms with Gasteiger partial charge in [-0.3, -0.25) is 0 Å². The van der Waals surface area contributed by atoms with Gasteiger partial charge in [-0.2, -0.15) is 0 Å². The summed E-state index contributed by atoms with van der Waals surface area (Å²) in [4.78, 5) is 0. The van der Waals surface area contributed by atoms with E-state index in [0.29, 0.717) is 0 Å². The van der Waals surface area contributed by atoms with Crippen LogP contribution in [0.15, 0.2) is 24.3 Å². The fourth-order valence-corrected chi connectivity index (χ4v) is 11.2. The fourth-order valence-electron chi connectivity index (χ4n) is 1.65. The maximum absolute atomic E-state index is 4.02. The minimum absolute atomic E-state index is 1.38. The van der Waals surface area contributed by atoms with E-state index in [1.165, 1.54) is 13.4 Å². The third-order valence-electron chi connectivity index (χ3n) is 2.46. The molecule has 0 atom stereocenters. The van der Waals surface area contributed by atoms with Gasteiger partial charge in [0.1, 0.15) is 0 Å². The molecule has 1 heterocycles. The van der Waals surface area contributed by atoms with Crippen molar-refractivity contribution in [2.24, 2.45) is 0 Å². The molecule has 0 fully saturated rings. The molecule has 66 valence electrons. The van der Waals surface area contributed by atoms with Gasteiger partial charge in [-0.15, -0.1) is 0 Å². The molecule has 0 aromatic heterocycles. The van der Waals surface area contributed by atoms with E-state index < -0.39 is 16.0 Å². The molecule has 0 saturated heterocycles. The topological polar surface area (TPSA) is 0 Å². The Balaban J connectivity index is 2.33. The second-order valence-corrected chi connectivity index (χ2v) is 21.2. The Hall–Kier alpha value is 0.490. The van der Waals surface area contributed by atoms with Crippen molar-refractivity contribution in [2.45, 2.75) is 20.3 Å². The summed E-state index contributed by atoms with van der Waals surface area (Å²) in [5, 5.41) is 0. The molecule has 12 heavy (non-hydrogen) atoms. The minimum atomic E-state index is -1.57. The van der Waals surface area contributed by atoms with Crippen molar-refractivity contribution in [3.8, 4) is 0 Å². The first-order valence-electron chi connectivity index (χ1n) is 4.26. The van der Waals surface area contributed by atoms with E-state index in [9.17, 15) is 0 Å². The van der Waals surface area contributed by atoms with Crippen LogP contribution in [0.1, 0.15) is 18.1 Å². The van der Waals surface area contributed by atoms with Crippen molar-refractivity contribution in [2.75, 3.05) is 0 Å². The van der Waals surface area contributed by atoms with Crippen LogP contribution in [0.25, 0.3) is 0 Å². The Morgan fingerprint density at radius 1 is 1.25 bits per heavy atom. The first-order chi connectivity index (χ1) is 5.73. The molecule has 0 radical (unpaired) electrons. The van der Waals surface area contributed by atoms with E-state index in [-0.39, 0.29) is 0 Å². The molecule has 0 unspecified atom stereocenters. The van der Waals surface area contributed by atoms with E-state index in [1.807, 2.05) is 0 Å². The summed E-state index contributed by atoms with van der Waals surface area (Å²) < 4.78 is 4.17. The molecule has 1 aromatic carbocycles. The number of fused-ring (bicyclic) bond motifs is 1. The average molecular weight is 341 g/mol. The normalized spacial score (nSPS) is 21.8. The number of benzene rings is 1. The zero-order valence-corrected chi connectivity index (χ0v) is 11.1. The Bertz CT molecular complexity index is 271. The van der Waals surface area contributed by atoms with Crippen molar-refractivity contribution >= 4 is 28.7 Å². The van der Waals surface area contributed by atoms with Crippen LogP contribution in [0.2, 0.25) is 4.47 Å². The summed E-state index contributed by atoms with van der Waals surface area (Å²) in [6.45, 7) is 2.34. The summed E-state index contributed by atoms with van der Waals surface area (Å²) in [6.07, 6.45) is 0. The van der Waals surface area contributed by atoms with Crippen molar-refractivity contribution in [1.29, 1.82) is 0 Å². The molecule has 0 bridgehead atoms. The zero-order chi connectivity index (χ0) is 8.60. The van der Waals surface area contributed by atoms with E-state index in [4.69, 9.17) is 0 Å². The van der Waals surface area contributed by atoms with Crippen LogP contribution in [0.3, 0.4) is 0 Å². The molecule has 0 spiro atoms. The summed E-state index contributed by atoms with van der Waals surface area (Å²) in [5.74, 6) is 0. The molecule has 2 rings (SSSR count). The van der Waals surface area contributed by atoms with E-state index in [2.05, 4.69) is 43.9 Å². The van der Waals surface area contributed by atoms with Gasteiger partial charge in [-0.05, 0) is 0 Å². The van der Waals surface area contributed by atoms with Crippen LogP contribution < -0.4 is 0 Å². The predicted octanol–water partition coefficient (Wildman–Crippen LogP) is 3.22. The van der Waals surface area contributed by atoms with Gasteiger partial charge in [-0.1, -0.05) is 0 Å². The van der Waals surface area contributed by atoms with Crippen LogP contribution in [0.5, 0.6) is 0 Å². The quantitative estimate of drug-likeness (QED) is 0.689. The van der Waals surface area contributed by atoms with Crippen molar-refractivity contribution in [3.63, 3.8) is 0 Å². The average Bonchev–Trinajstić information content (AvgIpc) is 2.42. The SMILES string of the molecule is CC[Te]1(Br)Cc2ccccc2C1. The molecular formula is C10H13BrTe. The van der Waals surface area contributed by atoms with Gasteiger partial charge in [0.25, 0.3) is 0 Å². The third kappa shape index (κ3) is 1.58. The third-order valence-corrected chi connectivity index (χ3v) is 16.3. The van der Waals surface area contributed by atoms with Gasteiger partial charge in [0, 0.05) is 0 Å². The number of halogens is 1. The molecule has 0 nitrogen and oxygen atoms in total. The summed E-state index contributed by atoms with van der Waals surface area (Å²) in [5.41, 5.74) is 3.22. The van der Waals surface area contributed by atoms with E-state index in [0.717, 1.165) is 0 Å². The Labute approximate surface area is 84.0 Å². The van der Waals surface area contributed by atoms with Gasteiger partial charge in [-0.25, -0.2) is 0 Å². The molecule has 1 aliphatic heterocycles. The van der Waals surface area contributed by atoms with Gasteiger partial charge >= 0.3 is 84.4 Å². The number of hydrogen-bond acceptors (Lipinski definition) is 0. The van der Waals surface area contributed by atoms with Crippen molar-refractivity contribution in [1.82, 2.24) is 0 Å². The molecule has 2 heteroatoms. The molecule has 0 N–H and O–H groups in total. The summed E-state index contributed by atoms with van der Waals surface area (Å²) in [6, 6.07) is 8.91. The van der Waals surface area contributed by atoms with Crippen LogP contribution in [0.4, 0.5) is 0 Å². The number of hydrogen-bond donors (Lipinski definition) is 0. The van der Waals surface area contributed by atoms with Gasteiger partial charge in [0.05, 0.1) is 0 Å². The van der Waals surface area contributed by atoms with Crippen LogP contribution in [-0.4, -0.2) is 16.0 Å². The zero-order valence-electron chi connectivity index (χ0n) is 7.22. The molecule has 0 aliphatic carbocycles. The summed E-state index contributed by atoms with van der Waals surface area (Å²) >= 11 is 2.44. The molecular weight excluding hydrogens is 328 g/mol. The Morgan fingerprint density at radius 3 is 2.17 bits per heavy atom. The first-order valence-corrected chi connectivity index (χ1v) is 14.4.